The Hall–Kier alpha value is -2.74. The largest absolute Gasteiger partial charge is 0.326 e. The molecule has 29 heavy (non-hydrogen) atoms. The summed E-state index contributed by atoms with van der Waals surface area (Å²) in [6.07, 6.45) is 2.04. The monoisotopic (exact) mass is 413 g/mol. The van der Waals surface area contributed by atoms with Gasteiger partial charge in [-0.3, -0.25) is 15.0 Å². The van der Waals surface area contributed by atoms with Crippen molar-refractivity contribution in [2.45, 2.75) is 19.5 Å². The first-order chi connectivity index (χ1) is 13.5. The van der Waals surface area contributed by atoms with Crippen molar-refractivity contribution < 1.29 is 4.92 Å². The summed E-state index contributed by atoms with van der Waals surface area (Å²) in [5.41, 5.74) is 10.0. The van der Waals surface area contributed by atoms with Gasteiger partial charge in [0.05, 0.1) is 16.3 Å². The highest BCUT2D eigenvalue weighted by atomic mass is 35.5. The number of aromatic nitrogens is 2. The molecule has 1 aliphatic rings. The van der Waals surface area contributed by atoms with Crippen LogP contribution in [0, 0.1) is 16.0 Å². The van der Waals surface area contributed by atoms with Crippen LogP contribution in [0.25, 0.3) is 16.9 Å². The molecule has 0 radical (unpaired) electrons. The van der Waals surface area contributed by atoms with Gasteiger partial charge in [-0.15, -0.1) is 12.4 Å². The molecule has 2 atom stereocenters. The van der Waals surface area contributed by atoms with Gasteiger partial charge < -0.3 is 5.73 Å². The van der Waals surface area contributed by atoms with E-state index >= 15 is 0 Å². The third-order valence-electron chi connectivity index (χ3n) is 5.30. The van der Waals surface area contributed by atoms with Crippen LogP contribution in [0.5, 0.6) is 0 Å². The van der Waals surface area contributed by atoms with Crippen LogP contribution in [0.3, 0.4) is 0 Å². The number of nitro groups is 1. The second-order valence-corrected chi connectivity index (χ2v) is 7.42. The van der Waals surface area contributed by atoms with Crippen LogP contribution >= 0.6 is 12.4 Å². The molecular weight excluding hydrogens is 390 g/mol. The molecule has 3 aromatic rings. The Kier molecular flexibility index (Phi) is 6.32. The highest BCUT2D eigenvalue weighted by Gasteiger charge is 2.27. The first-order valence-corrected chi connectivity index (χ1v) is 9.38. The van der Waals surface area contributed by atoms with Crippen molar-refractivity contribution in [1.82, 2.24) is 14.7 Å². The molecule has 7 nitrogen and oxygen atoms in total. The summed E-state index contributed by atoms with van der Waals surface area (Å²) in [4.78, 5) is 12.9. The van der Waals surface area contributed by atoms with Crippen molar-refractivity contribution in [3.8, 4) is 16.9 Å². The zero-order valence-corrected chi connectivity index (χ0v) is 17.0. The molecule has 1 aliphatic heterocycles. The lowest BCUT2D eigenvalue weighted by Crippen LogP contribution is -2.28. The summed E-state index contributed by atoms with van der Waals surface area (Å²) in [7, 11) is 0. The Morgan fingerprint density at radius 3 is 2.41 bits per heavy atom. The Morgan fingerprint density at radius 2 is 1.83 bits per heavy atom. The maximum Gasteiger partial charge on any atom is 0.269 e. The predicted molar refractivity (Wildman–Crippen MR) is 115 cm³/mol. The van der Waals surface area contributed by atoms with Crippen molar-refractivity contribution in [2.75, 3.05) is 13.1 Å². The number of nitro benzene ring substituents is 1. The van der Waals surface area contributed by atoms with Crippen LogP contribution < -0.4 is 5.73 Å². The van der Waals surface area contributed by atoms with Gasteiger partial charge in [-0.1, -0.05) is 25.1 Å². The number of non-ortho nitro benzene ring substituents is 1. The molecule has 2 unspecified atom stereocenters. The topological polar surface area (TPSA) is 90.2 Å². The predicted octanol–water partition coefficient (Wildman–Crippen LogP) is 3.65. The molecule has 0 spiro atoms. The zero-order chi connectivity index (χ0) is 19.7. The molecule has 2 heterocycles. The maximum absolute atomic E-state index is 11.0. The standard InChI is InChI=1S/C21H23N5O2.ClH/c1-15-11-24(14-20(15)22)12-17-13-25(18-5-3-2-4-6-18)23-21(17)16-7-9-19(10-8-16)26(27)28;/h2-10,13,15,20H,11-12,14,22H2,1H3;1H. The Balaban J connectivity index is 0.00000240. The van der Waals surface area contributed by atoms with Crippen molar-refractivity contribution >= 4 is 18.1 Å². The van der Waals surface area contributed by atoms with Crippen LogP contribution in [0.4, 0.5) is 5.69 Å². The van der Waals surface area contributed by atoms with Gasteiger partial charge in [-0.05, 0) is 30.2 Å². The van der Waals surface area contributed by atoms with Gasteiger partial charge in [0.1, 0.15) is 0 Å². The Bertz CT molecular complexity index is 964. The minimum Gasteiger partial charge on any atom is -0.326 e. The molecule has 2 aromatic carbocycles. The van der Waals surface area contributed by atoms with E-state index in [9.17, 15) is 10.1 Å². The number of hydrogen-bond acceptors (Lipinski definition) is 5. The summed E-state index contributed by atoms with van der Waals surface area (Å²) in [5, 5.41) is 15.8. The minimum absolute atomic E-state index is 0. The first-order valence-electron chi connectivity index (χ1n) is 9.38. The molecule has 0 amide bonds. The Labute approximate surface area is 175 Å². The number of para-hydroxylation sites is 1. The lowest BCUT2D eigenvalue weighted by Gasteiger charge is -2.15. The van der Waals surface area contributed by atoms with Crippen molar-refractivity contribution in [3.63, 3.8) is 0 Å². The number of benzene rings is 2. The maximum atomic E-state index is 11.0. The third-order valence-corrected chi connectivity index (χ3v) is 5.30. The Morgan fingerprint density at radius 1 is 1.14 bits per heavy atom. The molecule has 1 aromatic heterocycles. The quantitative estimate of drug-likeness (QED) is 0.509. The van der Waals surface area contributed by atoms with E-state index in [2.05, 4.69) is 11.8 Å². The summed E-state index contributed by atoms with van der Waals surface area (Å²) < 4.78 is 1.87. The summed E-state index contributed by atoms with van der Waals surface area (Å²) >= 11 is 0. The fourth-order valence-electron chi connectivity index (χ4n) is 3.69. The van der Waals surface area contributed by atoms with E-state index in [1.165, 1.54) is 12.1 Å². The highest BCUT2D eigenvalue weighted by molar-refractivity contribution is 5.85. The molecule has 8 heteroatoms. The smallest absolute Gasteiger partial charge is 0.269 e. The van der Waals surface area contributed by atoms with Gasteiger partial charge in [0.2, 0.25) is 0 Å². The van der Waals surface area contributed by atoms with E-state index in [1.807, 2.05) is 41.2 Å². The van der Waals surface area contributed by atoms with E-state index in [0.29, 0.717) is 5.92 Å². The normalized spacial score (nSPS) is 19.1. The molecule has 2 N–H and O–H groups in total. The molecule has 0 bridgehead atoms. The zero-order valence-electron chi connectivity index (χ0n) is 16.1. The average Bonchev–Trinajstić information content (AvgIpc) is 3.26. The first kappa shape index (κ1) is 21.0. The van der Waals surface area contributed by atoms with E-state index in [1.54, 1.807) is 12.1 Å². The van der Waals surface area contributed by atoms with Crippen LogP contribution in [0.1, 0.15) is 12.5 Å². The van der Waals surface area contributed by atoms with Crippen LogP contribution in [-0.2, 0) is 6.54 Å². The van der Waals surface area contributed by atoms with Crippen LogP contribution in [0.2, 0.25) is 0 Å². The lowest BCUT2D eigenvalue weighted by atomic mass is 10.1. The van der Waals surface area contributed by atoms with Gasteiger partial charge >= 0.3 is 0 Å². The third kappa shape index (κ3) is 4.48. The van der Waals surface area contributed by atoms with E-state index < -0.39 is 0 Å². The molecular formula is C21H24ClN5O2. The number of likely N-dealkylation sites (tertiary alicyclic amines) is 1. The fourth-order valence-corrected chi connectivity index (χ4v) is 3.69. The molecule has 1 saturated heterocycles. The molecule has 0 saturated carbocycles. The van der Waals surface area contributed by atoms with Crippen LogP contribution in [-0.4, -0.2) is 38.7 Å². The SMILES string of the molecule is CC1CN(Cc2cn(-c3ccccc3)nc2-c2ccc([N+](=O)[O-])cc2)CC1N.Cl. The van der Waals surface area contributed by atoms with Gasteiger partial charge in [-0.25, -0.2) is 4.68 Å². The molecule has 152 valence electrons. The van der Waals surface area contributed by atoms with E-state index in [0.717, 1.165) is 42.1 Å². The number of hydrogen-bond donors (Lipinski definition) is 1. The molecule has 1 fully saturated rings. The van der Waals surface area contributed by atoms with E-state index in [-0.39, 0.29) is 29.1 Å². The second-order valence-electron chi connectivity index (χ2n) is 7.42. The van der Waals surface area contributed by atoms with E-state index in [4.69, 9.17) is 10.8 Å². The average molecular weight is 414 g/mol. The fraction of sp³-hybridized carbons (Fsp3) is 0.286. The van der Waals surface area contributed by atoms with Crippen LogP contribution in [0.15, 0.2) is 60.8 Å². The van der Waals surface area contributed by atoms with Gasteiger partial charge in [-0.2, -0.15) is 5.10 Å². The van der Waals surface area contributed by atoms with Crippen molar-refractivity contribution in [2.24, 2.45) is 11.7 Å². The van der Waals surface area contributed by atoms with Gasteiger partial charge in [0, 0.05) is 55.1 Å². The molecule has 0 aliphatic carbocycles. The number of halogens is 1. The van der Waals surface area contributed by atoms with Gasteiger partial charge in [0.25, 0.3) is 5.69 Å². The van der Waals surface area contributed by atoms with Crippen molar-refractivity contribution in [3.05, 3.63) is 76.5 Å². The molecule has 4 rings (SSSR count). The number of nitrogens with two attached hydrogens (primary N) is 1. The second kappa shape index (κ2) is 8.73. The number of nitrogens with zero attached hydrogens (tertiary/aromatic N) is 4. The summed E-state index contributed by atoms with van der Waals surface area (Å²) in [6, 6.07) is 16.7. The number of rotatable bonds is 5. The van der Waals surface area contributed by atoms with Crippen molar-refractivity contribution in [1.29, 1.82) is 0 Å². The summed E-state index contributed by atoms with van der Waals surface area (Å²) in [6.45, 7) is 4.74. The highest BCUT2D eigenvalue weighted by Crippen LogP contribution is 2.28. The lowest BCUT2D eigenvalue weighted by molar-refractivity contribution is -0.384. The minimum atomic E-state index is -0.389. The summed E-state index contributed by atoms with van der Waals surface area (Å²) in [5.74, 6) is 0.465. The van der Waals surface area contributed by atoms with Gasteiger partial charge in [0.15, 0.2) is 0 Å².